The van der Waals surface area contributed by atoms with Gasteiger partial charge in [0.2, 0.25) is 5.62 Å². The molecular weight excluding hydrogens is 274 g/mol. The van der Waals surface area contributed by atoms with Crippen LogP contribution in [0.25, 0.3) is 11.0 Å². The van der Waals surface area contributed by atoms with Crippen LogP contribution in [0.1, 0.15) is 15.9 Å². The molecule has 4 rings (SSSR count). The van der Waals surface area contributed by atoms with E-state index >= 15 is 0 Å². The van der Waals surface area contributed by atoms with E-state index in [0.29, 0.717) is 6.54 Å². The highest BCUT2D eigenvalue weighted by Crippen LogP contribution is 2.24. The van der Waals surface area contributed by atoms with Crippen molar-refractivity contribution in [2.45, 2.75) is 19.5 Å². The molecule has 22 heavy (non-hydrogen) atoms. The van der Waals surface area contributed by atoms with Gasteiger partial charge in [0.15, 0.2) is 5.78 Å². The van der Waals surface area contributed by atoms with Crippen LogP contribution in [-0.4, -0.2) is 22.0 Å². The zero-order valence-electron chi connectivity index (χ0n) is 12.5. The fourth-order valence-corrected chi connectivity index (χ4v) is 3.36. The Morgan fingerprint density at radius 1 is 1.14 bits per heavy atom. The number of carbonyl (C=O) groups excluding carboxylic acids is 1. The quantitative estimate of drug-likeness (QED) is 0.683. The second-order valence-electron chi connectivity index (χ2n) is 5.59. The van der Waals surface area contributed by atoms with E-state index < -0.39 is 0 Å². The number of rotatable bonds is 3. The predicted molar refractivity (Wildman–Crippen MR) is 85.9 cm³/mol. The minimum absolute atomic E-state index is 0.112. The van der Waals surface area contributed by atoms with Gasteiger partial charge in [-0.2, -0.15) is 0 Å². The lowest BCUT2D eigenvalue weighted by atomic mass is 10.1. The molecule has 1 aliphatic rings. The van der Waals surface area contributed by atoms with Crippen molar-refractivity contribution in [2.75, 3.05) is 7.05 Å². The van der Waals surface area contributed by atoms with Crippen molar-refractivity contribution in [3.63, 3.8) is 0 Å². The van der Waals surface area contributed by atoms with Crippen LogP contribution in [0.2, 0.25) is 0 Å². The molecule has 0 bridgehead atoms. The van der Waals surface area contributed by atoms with Crippen LogP contribution in [-0.2, 0) is 19.5 Å². The molecule has 0 saturated heterocycles. The van der Waals surface area contributed by atoms with E-state index in [4.69, 9.17) is 0 Å². The van der Waals surface area contributed by atoms with E-state index in [1.54, 1.807) is 7.05 Å². The highest BCUT2D eigenvalue weighted by molar-refractivity contribution is 5.96. The van der Waals surface area contributed by atoms with Gasteiger partial charge in [-0.3, -0.25) is 9.79 Å². The smallest absolute Gasteiger partial charge is 0.206 e. The van der Waals surface area contributed by atoms with E-state index in [0.717, 1.165) is 29.7 Å². The third kappa shape index (κ3) is 1.84. The molecule has 0 spiro atoms. The van der Waals surface area contributed by atoms with E-state index in [1.165, 1.54) is 11.1 Å². The van der Waals surface area contributed by atoms with Crippen LogP contribution in [0.5, 0.6) is 0 Å². The van der Waals surface area contributed by atoms with Gasteiger partial charge in [-0.1, -0.05) is 42.5 Å². The summed E-state index contributed by atoms with van der Waals surface area (Å²) in [4.78, 5) is 17.0. The van der Waals surface area contributed by atoms with Crippen molar-refractivity contribution in [3.8, 4) is 0 Å². The Labute approximate surface area is 128 Å². The molecule has 0 unspecified atom stereocenters. The molecule has 0 fully saturated rings. The highest BCUT2D eigenvalue weighted by atomic mass is 16.1. The maximum absolute atomic E-state index is 12.6. The molecule has 1 aromatic heterocycles. The second-order valence-corrected chi connectivity index (χ2v) is 5.59. The molecule has 0 aliphatic carbocycles. The Morgan fingerprint density at radius 2 is 1.95 bits per heavy atom. The van der Waals surface area contributed by atoms with Crippen LogP contribution in [0.3, 0.4) is 0 Å². The lowest BCUT2D eigenvalue weighted by Gasteiger charge is -2.06. The number of nitrogens with zero attached hydrogens (tertiary/aromatic N) is 3. The number of imidazole rings is 1. The molecule has 4 heteroatoms. The van der Waals surface area contributed by atoms with Crippen molar-refractivity contribution in [3.05, 3.63) is 65.3 Å². The number of para-hydroxylation sites is 1. The van der Waals surface area contributed by atoms with Crippen LogP contribution in [0.4, 0.5) is 0 Å². The normalized spacial score (nSPS) is 14.0. The molecule has 0 N–H and O–H groups in total. The van der Waals surface area contributed by atoms with Gasteiger partial charge < -0.3 is 9.13 Å². The monoisotopic (exact) mass is 291 g/mol. The first-order valence-corrected chi connectivity index (χ1v) is 7.51. The Morgan fingerprint density at radius 3 is 2.73 bits per heavy atom. The number of hydrogen-bond donors (Lipinski definition) is 0. The topological polar surface area (TPSA) is 39.3 Å². The van der Waals surface area contributed by atoms with Gasteiger partial charge in [0, 0.05) is 19.2 Å². The van der Waals surface area contributed by atoms with Crippen molar-refractivity contribution in [1.82, 2.24) is 9.13 Å². The van der Waals surface area contributed by atoms with E-state index in [1.807, 2.05) is 34.9 Å². The summed E-state index contributed by atoms with van der Waals surface area (Å²) < 4.78 is 4.26. The summed E-state index contributed by atoms with van der Waals surface area (Å²) in [6, 6.07) is 15.7. The first-order valence-electron chi connectivity index (χ1n) is 7.51. The van der Waals surface area contributed by atoms with Crippen LogP contribution in [0.15, 0.2) is 53.5 Å². The molecule has 110 valence electrons. The number of benzene rings is 2. The van der Waals surface area contributed by atoms with E-state index in [-0.39, 0.29) is 5.78 Å². The van der Waals surface area contributed by atoms with Gasteiger partial charge in [-0.25, -0.2) is 0 Å². The number of carbonyl (C=O) groups is 1. The van der Waals surface area contributed by atoms with Crippen molar-refractivity contribution in [1.29, 1.82) is 0 Å². The van der Waals surface area contributed by atoms with Gasteiger partial charge in [0.25, 0.3) is 0 Å². The summed E-state index contributed by atoms with van der Waals surface area (Å²) in [6.07, 6.45) is 1.04. The molecule has 2 aromatic carbocycles. The fraction of sp³-hybridized carbons (Fsp3) is 0.222. The van der Waals surface area contributed by atoms with Crippen molar-refractivity contribution >= 4 is 16.8 Å². The van der Waals surface area contributed by atoms with Gasteiger partial charge in [0.1, 0.15) is 0 Å². The molecule has 2 heterocycles. The average molecular weight is 291 g/mol. The Balaban J connectivity index is 1.86. The van der Waals surface area contributed by atoms with Crippen LogP contribution in [0, 0.1) is 0 Å². The maximum atomic E-state index is 12.6. The summed E-state index contributed by atoms with van der Waals surface area (Å²) in [6.45, 7) is 1.26. The number of Topliss-reactive ketones (excluding diaryl/α,β-unsaturated/α-hetero) is 1. The van der Waals surface area contributed by atoms with E-state index in [9.17, 15) is 4.79 Å². The molecular formula is C18H17N3O. The third-order valence-electron chi connectivity index (χ3n) is 4.34. The third-order valence-corrected chi connectivity index (χ3v) is 4.34. The maximum Gasteiger partial charge on any atom is 0.206 e. The molecule has 3 aromatic rings. The minimum atomic E-state index is 0.112. The first kappa shape index (κ1) is 13.1. The fourth-order valence-electron chi connectivity index (χ4n) is 3.36. The molecule has 0 atom stereocenters. The van der Waals surface area contributed by atoms with Crippen LogP contribution >= 0.6 is 0 Å². The lowest BCUT2D eigenvalue weighted by molar-refractivity contribution is 0.0971. The van der Waals surface area contributed by atoms with Gasteiger partial charge >= 0.3 is 0 Å². The molecule has 0 radical (unpaired) electrons. The largest absolute Gasteiger partial charge is 0.310 e. The highest BCUT2D eigenvalue weighted by Gasteiger charge is 2.20. The average Bonchev–Trinajstić information content (AvgIpc) is 3.12. The van der Waals surface area contributed by atoms with E-state index in [2.05, 4.69) is 27.8 Å². The summed E-state index contributed by atoms with van der Waals surface area (Å²) in [5, 5.41) is 0. The number of aromatic nitrogens is 2. The van der Waals surface area contributed by atoms with Crippen molar-refractivity contribution < 1.29 is 4.79 Å². The molecule has 4 nitrogen and oxygen atoms in total. The molecule has 1 aliphatic heterocycles. The van der Waals surface area contributed by atoms with Gasteiger partial charge in [-0.15, -0.1) is 0 Å². The summed E-state index contributed by atoms with van der Waals surface area (Å²) >= 11 is 0. The first-order chi connectivity index (χ1) is 10.8. The number of aryl methyl sites for hydroxylation is 2. The van der Waals surface area contributed by atoms with Crippen LogP contribution < -0.4 is 5.62 Å². The Bertz CT molecular complexity index is 932. The van der Waals surface area contributed by atoms with Gasteiger partial charge in [-0.05, 0) is 18.1 Å². The van der Waals surface area contributed by atoms with Crippen molar-refractivity contribution in [2.24, 2.45) is 4.99 Å². The molecule has 0 amide bonds. The Kier molecular flexibility index (Phi) is 2.96. The summed E-state index contributed by atoms with van der Waals surface area (Å²) in [5.74, 6) is 0.112. The standard InChI is InChI=1S/C18H17N3O/c1-19-18-20-11-10-14-8-5-9-15(17(14)20)21(18)12-16(22)13-6-3-2-4-7-13/h2-9H,10-12H2,1H3/b19-18+. The number of hydrogen-bond acceptors (Lipinski definition) is 2. The predicted octanol–water partition coefficient (Wildman–Crippen LogP) is 2.41. The Hall–Kier alpha value is -2.62. The second kappa shape index (κ2) is 4.98. The molecule has 0 saturated carbocycles. The zero-order chi connectivity index (χ0) is 15.1. The minimum Gasteiger partial charge on any atom is -0.310 e. The zero-order valence-corrected chi connectivity index (χ0v) is 12.5. The lowest BCUT2D eigenvalue weighted by Crippen LogP contribution is -2.28. The summed E-state index contributed by atoms with van der Waals surface area (Å²) in [5.41, 5.74) is 5.28. The SMILES string of the molecule is C/N=c1/n(CC(=O)c2ccccc2)c2cccc3c2n1CC3. The number of ketones is 1. The summed E-state index contributed by atoms with van der Waals surface area (Å²) in [7, 11) is 1.79. The van der Waals surface area contributed by atoms with Gasteiger partial charge in [0.05, 0.1) is 17.6 Å².